The van der Waals surface area contributed by atoms with Crippen molar-refractivity contribution in [1.29, 1.82) is 0 Å². The first kappa shape index (κ1) is 11.5. The average Bonchev–Trinajstić information content (AvgIpc) is 2.38. The standard InChI is InChI=1S/C13H16N4/c1-15-13(8-10-2-5-16-6-3-10)11-9-17-7-4-12(11)14/h2-7,9,13,15H,8H2,1H3,(H2,14,17). The molecule has 0 aliphatic rings. The van der Waals surface area contributed by atoms with Crippen molar-refractivity contribution in [2.45, 2.75) is 12.5 Å². The maximum absolute atomic E-state index is 5.96. The van der Waals surface area contributed by atoms with Crippen molar-refractivity contribution >= 4 is 5.69 Å². The van der Waals surface area contributed by atoms with Crippen LogP contribution in [0.4, 0.5) is 5.69 Å². The summed E-state index contributed by atoms with van der Waals surface area (Å²) >= 11 is 0. The summed E-state index contributed by atoms with van der Waals surface area (Å²) < 4.78 is 0. The maximum atomic E-state index is 5.96. The highest BCUT2D eigenvalue weighted by molar-refractivity contribution is 5.46. The fraction of sp³-hybridized carbons (Fsp3) is 0.231. The number of hydrogen-bond donors (Lipinski definition) is 2. The largest absolute Gasteiger partial charge is 0.398 e. The smallest absolute Gasteiger partial charge is 0.0394 e. The predicted octanol–water partition coefficient (Wildman–Crippen LogP) is 1.56. The molecule has 4 heteroatoms. The van der Waals surface area contributed by atoms with E-state index in [0.717, 1.165) is 17.7 Å². The molecule has 0 aliphatic heterocycles. The Balaban J connectivity index is 2.21. The Bertz CT molecular complexity index is 470. The van der Waals surface area contributed by atoms with Crippen molar-refractivity contribution in [2.24, 2.45) is 0 Å². The molecule has 0 aliphatic carbocycles. The van der Waals surface area contributed by atoms with Crippen LogP contribution in [-0.4, -0.2) is 17.0 Å². The second-order valence-electron chi connectivity index (χ2n) is 3.91. The van der Waals surface area contributed by atoms with Gasteiger partial charge in [0.05, 0.1) is 0 Å². The van der Waals surface area contributed by atoms with Gasteiger partial charge in [0.25, 0.3) is 0 Å². The minimum atomic E-state index is 0.172. The zero-order valence-electron chi connectivity index (χ0n) is 9.80. The molecular formula is C13H16N4. The number of hydrogen-bond acceptors (Lipinski definition) is 4. The molecule has 0 spiro atoms. The number of nitrogen functional groups attached to an aromatic ring is 1. The number of nitrogens with two attached hydrogens (primary N) is 1. The van der Waals surface area contributed by atoms with E-state index in [1.54, 1.807) is 18.6 Å². The molecule has 3 N–H and O–H groups in total. The van der Waals surface area contributed by atoms with Crippen molar-refractivity contribution in [3.8, 4) is 0 Å². The van der Waals surface area contributed by atoms with Crippen molar-refractivity contribution in [2.75, 3.05) is 12.8 Å². The molecule has 2 heterocycles. The molecule has 0 saturated heterocycles. The van der Waals surface area contributed by atoms with E-state index in [2.05, 4.69) is 15.3 Å². The SMILES string of the molecule is CNC(Cc1ccncc1)c1cnccc1N. The number of anilines is 1. The Morgan fingerprint density at radius 2 is 1.88 bits per heavy atom. The summed E-state index contributed by atoms with van der Waals surface area (Å²) in [6.07, 6.45) is 7.99. The van der Waals surface area contributed by atoms with Gasteiger partial charge in [0.2, 0.25) is 0 Å². The van der Waals surface area contributed by atoms with Crippen LogP contribution in [0.1, 0.15) is 17.2 Å². The lowest BCUT2D eigenvalue weighted by atomic mass is 10.00. The van der Waals surface area contributed by atoms with Gasteiger partial charge in [0.1, 0.15) is 0 Å². The van der Waals surface area contributed by atoms with Crippen LogP contribution in [0.15, 0.2) is 43.0 Å². The van der Waals surface area contributed by atoms with Crippen LogP contribution in [0.5, 0.6) is 0 Å². The summed E-state index contributed by atoms with van der Waals surface area (Å²) in [6.45, 7) is 0. The third-order valence-corrected chi connectivity index (χ3v) is 2.80. The maximum Gasteiger partial charge on any atom is 0.0394 e. The van der Waals surface area contributed by atoms with Gasteiger partial charge in [-0.25, -0.2) is 0 Å². The van der Waals surface area contributed by atoms with Gasteiger partial charge in [0.15, 0.2) is 0 Å². The first-order valence-electron chi connectivity index (χ1n) is 5.57. The van der Waals surface area contributed by atoms with Gasteiger partial charge in [-0.1, -0.05) is 0 Å². The predicted molar refractivity (Wildman–Crippen MR) is 68.4 cm³/mol. The Hall–Kier alpha value is -1.94. The van der Waals surface area contributed by atoms with E-state index in [4.69, 9.17) is 5.73 Å². The van der Waals surface area contributed by atoms with Crippen LogP contribution in [0.3, 0.4) is 0 Å². The van der Waals surface area contributed by atoms with Crippen LogP contribution in [0.2, 0.25) is 0 Å². The zero-order chi connectivity index (χ0) is 12.1. The molecule has 0 saturated carbocycles. The molecular weight excluding hydrogens is 212 g/mol. The molecule has 17 heavy (non-hydrogen) atoms. The monoisotopic (exact) mass is 228 g/mol. The van der Waals surface area contributed by atoms with E-state index in [9.17, 15) is 0 Å². The molecule has 1 unspecified atom stereocenters. The summed E-state index contributed by atoms with van der Waals surface area (Å²) in [5.74, 6) is 0. The van der Waals surface area contributed by atoms with E-state index in [-0.39, 0.29) is 6.04 Å². The van der Waals surface area contributed by atoms with Crippen LogP contribution in [0.25, 0.3) is 0 Å². The van der Waals surface area contributed by atoms with Crippen molar-refractivity contribution in [1.82, 2.24) is 15.3 Å². The minimum absolute atomic E-state index is 0.172. The fourth-order valence-corrected chi connectivity index (χ4v) is 1.83. The number of rotatable bonds is 4. The van der Waals surface area contributed by atoms with Gasteiger partial charge in [-0.2, -0.15) is 0 Å². The topological polar surface area (TPSA) is 63.8 Å². The quantitative estimate of drug-likeness (QED) is 0.833. The summed E-state index contributed by atoms with van der Waals surface area (Å²) in [5.41, 5.74) is 8.99. The summed E-state index contributed by atoms with van der Waals surface area (Å²) in [7, 11) is 1.93. The Labute approximate surface area is 101 Å². The summed E-state index contributed by atoms with van der Waals surface area (Å²) in [5, 5.41) is 3.27. The molecule has 0 radical (unpaired) electrons. The number of nitrogens with zero attached hydrogens (tertiary/aromatic N) is 2. The number of pyridine rings is 2. The van der Waals surface area contributed by atoms with Crippen LogP contribution in [0, 0.1) is 0 Å². The molecule has 88 valence electrons. The van der Waals surface area contributed by atoms with Crippen molar-refractivity contribution < 1.29 is 0 Å². The lowest BCUT2D eigenvalue weighted by Crippen LogP contribution is -2.20. The molecule has 4 nitrogen and oxygen atoms in total. The Kier molecular flexibility index (Phi) is 3.67. The molecule has 0 bridgehead atoms. The second kappa shape index (κ2) is 5.41. The zero-order valence-corrected chi connectivity index (χ0v) is 9.80. The third kappa shape index (κ3) is 2.79. The summed E-state index contributed by atoms with van der Waals surface area (Å²) in [6, 6.07) is 6.02. The number of likely N-dealkylation sites (N-methyl/N-ethyl adjacent to an activating group) is 1. The fourth-order valence-electron chi connectivity index (χ4n) is 1.83. The lowest BCUT2D eigenvalue weighted by Gasteiger charge is -2.17. The highest BCUT2D eigenvalue weighted by Crippen LogP contribution is 2.22. The summed E-state index contributed by atoms with van der Waals surface area (Å²) in [4.78, 5) is 8.13. The number of aromatic nitrogens is 2. The van der Waals surface area contributed by atoms with Crippen LogP contribution >= 0.6 is 0 Å². The first-order chi connectivity index (χ1) is 8.31. The van der Waals surface area contributed by atoms with Crippen molar-refractivity contribution in [3.63, 3.8) is 0 Å². The Morgan fingerprint density at radius 1 is 1.18 bits per heavy atom. The van der Waals surface area contributed by atoms with Gasteiger partial charge in [-0.3, -0.25) is 9.97 Å². The molecule has 0 amide bonds. The molecule has 1 atom stereocenters. The first-order valence-corrected chi connectivity index (χ1v) is 5.57. The van der Waals surface area contributed by atoms with Crippen LogP contribution < -0.4 is 11.1 Å². The average molecular weight is 228 g/mol. The molecule has 2 aromatic rings. The normalized spacial score (nSPS) is 12.3. The third-order valence-electron chi connectivity index (χ3n) is 2.80. The number of nitrogens with one attached hydrogen (secondary N) is 1. The van der Waals surface area contributed by atoms with Gasteiger partial charge in [-0.15, -0.1) is 0 Å². The van der Waals surface area contributed by atoms with E-state index in [1.807, 2.05) is 31.4 Å². The highest BCUT2D eigenvalue weighted by Gasteiger charge is 2.12. The van der Waals surface area contributed by atoms with E-state index in [1.165, 1.54) is 5.56 Å². The van der Waals surface area contributed by atoms with Gasteiger partial charge in [0, 0.05) is 42.1 Å². The van der Waals surface area contributed by atoms with E-state index >= 15 is 0 Å². The Morgan fingerprint density at radius 3 is 2.53 bits per heavy atom. The van der Waals surface area contributed by atoms with Gasteiger partial charge < -0.3 is 11.1 Å². The van der Waals surface area contributed by atoms with Crippen molar-refractivity contribution in [3.05, 3.63) is 54.1 Å². The lowest BCUT2D eigenvalue weighted by molar-refractivity contribution is 0.591. The highest BCUT2D eigenvalue weighted by atomic mass is 14.9. The van der Waals surface area contributed by atoms with E-state index < -0.39 is 0 Å². The van der Waals surface area contributed by atoms with Gasteiger partial charge in [-0.05, 0) is 37.2 Å². The van der Waals surface area contributed by atoms with Gasteiger partial charge >= 0.3 is 0 Å². The minimum Gasteiger partial charge on any atom is -0.398 e. The van der Waals surface area contributed by atoms with E-state index in [0.29, 0.717) is 0 Å². The second-order valence-corrected chi connectivity index (χ2v) is 3.91. The molecule has 2 rings (SSSR count). The molecule has 2 aromatic heterocycles. The molecule has 0 fully saturated rings. The molecule has 0 aromatic carbocycles. The van der Waals surface area contributed by atoms with Crippen LogP contribution in [-0.2, 0) is 6.42 Å².